The normalized spacial score (nSPS) is 11.1. The number of hydrogen-bond donors (Lipinski definition) is 6. The number of hydrogen-bond acceptors (Lipinski definition) is 10. The van der Waals surface area contributed by atoms with Crippen LogP contribution in [0.2, 0.25) is 10.0 Å². The van der Waals surface area contributed by atoms with Crippen molar-refractivity contribution < 1.29 is 9.59 Å². The highest BCUT2D eigenvalue weighted by atomic mass is 35.5. The molecular weight excluding hydrogens is 724 g/mol. The van der Waals surface area contributed by atoms with Gasteiger partial charge in [0.2, 0.25) is 0 Å². The summed E-state index contributed by atoms with van der Waals surface area (Å²) in [6, 6.07) is 22.1. The van der Waals surface area contributed by atoms with Crippen LogP contribution in [0.1, 0.15) is 56.2 Å². The zero-order valence-corrected chi connectivity index (χ0v) is 31.4. The fourth-order valence-electron chi connectivity index (χ4n) is 4.32. The van der Waals surface area contributed by atoms with Gasteiger partial charge < -0.3 is 21.3 Å². The Bertz CT molecular complexity index is 1400. The van der Waals surface area contributed by atoms with Crippen molar-refractivity contribution in [2.24, 2.45) is 0 Å². The fourth-order valence-corrected chi connectivity index (χ4v) is 8.30. The van der Waals surface area contributed by atoms with Crippen LogP contribution in [0.5, 0.6) is 0 Å². The molecule has 0 radical (unpaired) electrons. The van der Waals surface area contributed by atoms with E-state index in [2.05, 4.69) is 55.0 Å². The number of rotatable bonds is 23. The third kappa shape index (κ3) is 15.2. The summed E-state index contributed by atoms with van der Waals surface area (Å²) in [6.45, 7) is 6.97. The van der Waals surface area contributed by atoms with Crippen LogP contribution in [0.3, 0.4) is 0 Å². The topological polar surface area (TPSA) is 106 Å². The monoisotopic (exact) mass is 764 g/mol. The first-order valence-corrected chi connectivity index (χ1v) is 19.9. The minimum absolute atomic E-state index is 0.0993. The van der Waals surface area contributed by atoms with Gasteiger partial charge in [0.1, 0.15) is 0 Å². The highest BCUT2D eigenvalue weighted by molar-refractivity contribution is 7.99. The van der Waals surface area contributed by atoms with Gasteiger partial charge in [0.05, 0.1) is 21.5 Å². The van der Waals surface area contributed by atoms with Gasteiger partial charge in [0.25, 0.3) is 11.8 Å². The predicted octanol–water partition coefficient (Wildman–Crippen LogP) is 7.61. The molecule has 0 spiro atoms. The lowest BCUT2D eigenvalue weighted by molar-refractivity contribution is 0.0943. The smallest absolute Gasteiger partial charge is 0.251 e. The number of unbranched alkanes of at least 4 members (excludes halogenated alkanes) is 1. The second-order valence-electron chi connectivity index (χ2n) is 10.7. The van der Waals surface area contributed by atoms with Crippen LogP contribution >= 0.6 is 69.8 Å². The molecule has 14 heteroatoms. The van der Waals surface area contributed by atoms with Crippen molar-refractivity contribution >= 4 is 81.6 Å². The van der Waals surface area contributed by atoms with Gasteiger partial charge in [-0.1, -0.05) is 23.2 Å². The molecule has 0 aliphatic heterocycles. The predicted molar refractivity (Wildman–Crippen MR) is 206 cm³/mol. The van der Waals surface area contributed by atoms with E-state index in [1.54, 1.807) is 95.1 Å². The van der Waals surface area contributed by atoms with Crippen LogP contribution in [0.25, 0.3) is 0 Å². The van der Waals surface area contributed by atoms with Crippen molar-refractivity contribution in [1.29, 1.82) is 0 Å². The lowest BCUT2D eigenvalue weighted by Gasteiger charge is -2.07. The number of carbonyl (C=O) groups excluding carboxylic acids is 2. The van der Waals surface area contributed by atoms with Gasteiger partial charge in [0.15, 0.2) is 0 Å². The number of amides is 2. The minimum atomic E-state index is -0.0993. The van der Waals surface area contributed by atoms with Gasteiger partial charge in [-0.2, -0.15) is 0 Å². The van der Waals surface area contributed by atoms with Crippen molar-refractivity contribution in [2.45, 2.75) is 47.2 Å². The van der Waals surface area contributed by atoms with E-state index >= 15 is 0 Å². The Morgan fingerprint density at radius 3 is 1.33 bits per heavy atom. The lowest BCUT2D eigenvalue weighted by atomic mass is 10.2. The third-order valence-electron chi connectivity index (χ3n) is 6.90. The molecule has 2 aromatic heterocycles. The van der Waals surface area contributed by atoms with Crippen molar-refractivity contribution in [3.63, 3.8) is 0 Å². The molecule has 0 saturated heterocycles. The fraction of sp³-hybridized carbons (Fsp3) is 0.353. The number of thiophene rings is 2. The van der Waals surface area contributed by atoms with Crippen molar-refractivity contribution in [3.05, 3.63) is 104 Å². The summed E-state index contributed by atoms with van der Waals surface area (Å²) < 4.78 is 9.24. The maximum Gasteiger partial charge on any atom is 0.251 e. The minimum Gasteiger partial charge on any atom is -0.347 e. The summed E-state index contributed by atoms with van der Waals surface area (Å²) in [7, 11) is 0. The standard InChI is InChI=1S/C34H42Cl2N6O2S4/c35-27-9-5-25(6-10-27)33(43)39-23-29-13-15-31(45-29)47-41-21-3-19-37-17-1-2-18-38-20-4-22-42-48-32-16-14-30(46-32)24-40-34(44)26-7-11-28(36)12-8-26/h5-16,37-38,41-42H,1-4,17-24H2,(H,39,43)(H,40,44). The molecule has 0 unspecified atom stereocenters. The van der Waals surface area contributed by atoms with Gasteiger partial charge in [-0.15, -0.1) is 22.7 Å². The first-order valence-electron chi connectivity index (χ1n) is 15.9. The zero-order chi connectivity index (χ0) is 33.8. The zero-order valence-electron chi connectivity index (χ0n) is 26.6. The molecule has 6 N–H and O–H groups in total. The Morgan fingerprint density at radius 1 is 0.521 bits per heavy atom. The summed E-state index contributed by atoms with van der Waals surface area (Å²) in [6.07, 6.45) is 4.46. The SMILES string of the molecule is O=C(NCc1ccc(SNCCCNCCCCNCCCNSc2ccc(CNC(=O)c3ccc(Cl)cc3)s2)s1)c1ccc(Cl)cc1. The van der Waals surface area contributed by atoms with E-state index < -0.39 is 0 Å². The van der Waals surface area contributed by atoms with E-state index in [4.69, 9.17) is 23.2 Å². The van der Waals surface area contributed by atoms with Crippen LogP contribution in [0.4, 0.5) is 0 Å². The van der Waals surface area contributed by atoms with Gasteiger partial charge in [-0.25, -0.2) is 0 Å². The molecule has 8 nitrogen and oxygen atoms in total. The average molecular weight is 766 g/mol. The molecule has 4 rings (SSSR count). The molecule has 0 aliphatic carbocycles. The molecule has 48 heavy (non-hydrogen) atoms. The number of halogens is 2. The lowest BCUT2D eigenvalue weighted by Crippen LogP contribution is -2.23. The van der Waals surface area contributed by atoms with Crippen molar-refractivity contribution in [1.82, 2.24) is 30.7 Å². The maximum absolute atomic E-state index is 12.3. The molecule has 0 bridgehead atoms. The van der Waals surface area contributed by atoms with Crippen LogP contribution in [0.15, 0.2) is 81.2 Å². The molecule has 0 saturated carbocycles. The highest BCUT2D eigenvalue weighted by Gasteiger charge is 2.08. The number of carbonyl (C=O) groups is 2. The molecular formula is C34H42Cl2N6O2S4. The Morgan fingerprint density at radius 2 is 0.917 bits per heavy atom. The molecule has 2 amide bonds. The second kappa shape index (κ2) is 22.6. The van der Waals surface area contributed by atoms with Crippen LogP contribution in [-0.2, 0) is 13.1 Å². The summed E-state index contributed by atoms with van der Waals surface area (Å²) in [5.74, 6) is -0.199. The quantitative estimate of drug-likeness (QED) is 0.0339. The first kappa shape index (κ1) is 38.7. The van der Waals surface area contributed by atoms with E-state index in [-0.39, 0.29) is 11.8 Å². The summed E-state index contributed by atoms with van der Waals surface area (Å²) in [5, 5.41) is 14.2. The number of nitrogens with one attached hydrogen (secondary N) is 6. The second-order valence-corrected chi connectivity index (χ2v) is 16.3. The molecule has 2 aromatic carbocycles. The van der Waals surface area contributed by atoms with E-state index in [1.807, 2.05) is 0 Å². The largest absolute Gasteiger partial charge is 0.347 e. The van der Waals surface area contributed by atoms with Crippen LogP contribution in [-0.4, -0.2) is 51.1 Å². The Balaban J connectivity index is 0.895. The first-order chi connectivity index (χ1) is 23.5. The number of benzene rings is 2. The summed E-state index contributed by atoms with van der Waals surface area (Å²) in [4.78, 5) is 26.8. The van der Waals surface area contributed by atoms with E-state index in [9.17, 15) is 9.59 Å². The summed E-state index contributed by atoms with van der Waals surface area (Å²) in [5.41, 5.74) is 1.21. The van der Waals surface area contributed by atoms with Crippen molar-refractivity contribution in [2.75, 3.05) is 39.3 Å². The third-order valence-corrected chi connectivity index (χ3v) is 11.5. The van der Waals surface area contributed by atoms with Gasteiger partial charge in [0, 0.05) is 44.0 Å². The highest BCUT2D eigenvalue weighted by Crippen LogP contribution is 2.26. The van der Waals surface area contributed by atoms with Gasteiger partial charge in [-0.05, 0) is 149 Å². The average Bonchev–Trinajstić information content (AvgIpc) is 3.76. The summed E-state index contributed by atoms with van der Waals surface area (Å²) >= 11 is 18.4. The van der Waals surface area contributed by atoms with E-state index in [0.717, 1.165) is 74.7 Å². The molecule has 0 fully saturated rings. The van der Waals surface area contributed by atoms with Crippen molar-refractivity contribution in [3.8, 4) is 0 Å². The van der Waals surface area contributed by atoms with Crippen LogP contribution in [0, 0.1) is 0 Å². The van der Waals surface area contributed by atoms with Gasteiger partial charge in [-0.3, -0.25) is 19.0 Å². The van der Waals surface area contributed by atoms with E-state index in [1.165, 1.54) is 8.42 Å². The van der Waals surface area contributed by atoms with Crippen LogP contribution < -0.4 is 30.7 Å². The van der Waals surface area contributed by atoms with Gasteiger partial charge >= 0.3 is 0 Å². The molecule has 0 aliphatic rings. The Hall–Kier alpha value is -2.10. The molecule has 258 valence electrons. The molecule has 0 atom stereocenters. The van der Waals surface area contributed by atoms with E-state index in [0.29, 0.717) is 34.3 Å². The Kier molecular flexibility index (Phi) is 18.2. The molecule has 2 heterocycles. The maximum atomic E-state index is 12.3. The molecule has 4 aromatic rings. The Labute approximate surface area is 310 Å².